The minimum Gasteiger partial charge on any atom is -0.489 e. The highest BCUT2D eigenvalue weighted by atomic mass is 35.5. The lowest BCUT2D eigenvalue weighted by Gasteiger charge is -2.21. The molecule has 0 fully saturated rings. The molecule has 1 N–H and O–H groups in total. The second-order valence-electron chi connectivity index (χ2n) is 5.25. The van der Waals surface area contributed by atoms with Gasteiger partial charge in [-0.25, -0.2) is 4.79 Å². The third-order valence-corrected chi connectivity index (χ3v) is 4.14. The molecule has 1 aliphatic rings. The molecular weight excluding hydrogens is 300 g/mol. The van der Waals surface area contributed by atoms with E-state index in [1.807, 2.05) is 42.5 Å². The van der Waals surface area contributed by atoms with Crippen LogP contribution in [0.3, 0.4) is 0 Å². The third-order valence-electron chi connectivity index (χ3n) is 3.88. The van der Waals surface area contributed by atoms with Crippen molar-refractivity contribution in [1.29, 1.82) is 0 Å². The van der Waals surface area contributed by atoms with E-state index in [0.29, 0.717) is 16.4 Å². The van der Waals surface area contributed by atoms with Crippen molar-refractivity contribution in [1.82, 2.24) is 0 Å². The summed E-state index contributed by atoms with van der Waals surface area (Å²) in [4.78, 5) is 11.7. The summed E-state index contributed by atoms with van der Waals surface area (Å²) in [6, 6.07) is 16.9. The number of carbonyl (C=O) groups is 1. The summed E-state index contributed by atoms with van der Waals surface area (Å²) in [5, 5.41) is 10.2. The lowest BCUT2D eigenvalue weighted by molar-refractivity contribution is -0.133. The fourth-order valence-corrected chi connectivity index (χ4v) is 3.02. The average Bonchev–Trinajstić information content (AvgIpc) is 2.86. The zero-order chi connectivity index (χ0) is 15.7. The SMILES string of the molecule is CC1=C(C(=O)O)[C@@H](c2ccc(Cl)cc2)[C@H](c2ccccc2)O1. The van der Waals surface area contributed by atoms with Crippen LogP contribution in [-0.4, -0.2) is 11.1 Å². The lowest BCUT2D eigenvalue weighted by atomic mass is 9.84. The van der Waals surface area contributed by atoms with Crippen LogP contribution in [0.25, 0.3) is 0 Å². The van der Waals surface area contributed by atoms with Crippen LogP contribution in [0.1, 0.15) is 30.1 Å². The van der Waals surface area contributed by atoms with Crippen molar-refractivity contribution in [3.8, 4) is 0 Å². The number of allylic oxidation sites excluding steroid dienone is 1. The quantitative estimate of drug-likeness (QED) is 0.903. The summed E-state index contributed by atoms with van der Waals surface area (Å²) in [5.74, 6) is -0.839. The first-order valence-corrected chi connectivity index (χ1v) is 7.37. The van der Waals surface area contributed by atoms with E-state index in [-0.39, 0.29) is 12.0 Å². The first kappa shape index (κ1) is 14.7. The number of carboxylic acids is 1. The number of rotatable bonds is 3. The van der Waals surface area contributed by atoms with Gasteiger partial charge in [-0.05, 0) is 30.2 Å². The molecule has 2 atom stereocenters. The Kier molecular flexibility index (Phi) is 3.90. The first-order valence-electron chi connectivity index (χ1n) is 6.99. The Labute approximate surface area is 133 Å². The van der Waals surface area contributed by atoms with E-state index >= 15 is 0 Å². The van der Waals surface area contributed by atoms with Gasteiger partial charge in [0, 0.05) is 5.02 Å². The van der Waals surface area contributed by atoms with Gasteiger partial charge in [-0.1, -0.05) is 54.1 Å². The highest BCUT2D eigenvalue weighted by Gasteiger charge is 2.40. The topological polar surface area (TPSA) is 46.5 Å². The smallest absolute Gasteiger partial charge is 0.335 e. The molecule has 0 bridgehead atoms. The molecule has 3 nitrogen and oxygen atoms in total. The number of aliphatic carboxylic acids is 1. The van der Waals surface area contributed by atoms with Crippen LogP contribution in [-0.2, 0) is 9.53 Å². The molecule has 22 heavy (non-hydrogen) atoms. The van der Waals surface area contributed by atoms with E-state index in [4.69, 9.17) is 16.3 Å². The average molecular weight is 315 g/mol. The lowest BCUT2D eigenvalue weighted by Crippen LogP contribution is -2.14. The Morgan fingerprint density at radius 3 is 2.27 bits per heavy atom. The predicted octanol–water partition coefficient (Wildman–Crippen LogP) is 4.55. The van der Waals surface area contributed by atoms with Crippen molar-refractivity contribution < 1.29 is 14.6 Å². The molecule has 2 aromatic carbocycles. The predicted molar refractivity (Wildman–Crippen MR) is 84.8 cm³/mol. The molecule has 0 saturated carbocycles. The fraction of sp³-hybridized carbons (Fsp3) is 0.167. The van der Waals surface area contributed by atoms with Crippen LogP contribution >= 0.6 is 11.6 Å². The number of hydrogen-bond donors (Lipinski definition) is 1. The highest BCUT2D eigenvalue weighted by molar-refractivity contribution is 6.30. The monoisotopic (exact) mass is 314 g/mol. The zero-order valence-electron chi connectivity index (χ0n) is 12.0. The van der Waals surface area contributed by atoms with Crippen molar-refractivity contribution in [2.75, 3.05) is 0 Å². The number of halogens is 1. The molecule has 3 rings (SSSR count). The molecule has 0 aliphatic carbocycles. The third kappa shape index (κ3) is 2.60. The van der Waals surface area contributed by atoms with E-state index in [9.17, 15) is 9.90 Å². The number of ether oxygens (including phenoxy) is 1. The molecule has 0 saturated heterocycles. The zero-order valence-corrected chi connectivity index (χ0v) is 12.7. The van der Waals surface area contributed by atoms with Crippen LogP contribution in [0, 0.1) is 0 Å². The molecule has 112 valence electrons. The van der Waals surface area contributed by atoms with Crippen LogP contribution in [0.5, 0.6) is 0 Å². The van der Waals surface area contributed by atoms with Crippen molar-refractivity contribution in [2.45, 2.75) is 18.9 Å². The minimum atomic E-state index is -0.948. The van der Waals surface area contributed by atoms with Gasteiger partial charge in [0.15, 0.2) is 0 Å². The van der Waals surface area contributed by atoms with E-state index in [1.165, 1.54) is 0 Å². The van der Waals surface area contributed by atoms with E-state index < -0.39 is 5.97 Å². The number of benzene rings is 2. The maximum atomic E-state index is 11.7. The van der Waals surface area contributed by atoms with E-state index in [1.54, 1.807) is 19.1 Å². The molecular formula is C18H15ClO3. The number of carboxylic acid groups (broad SMARTS) is 1. The second kappa shape index (κ2) is 5.85. The Hall–Kier alpha value is -2.26. The normalized spacial score (nSPS) is 20.8. The summed E-state index contributed by atoms with van der Waals surface area (Å²) >= 11 is 5.94. The van der Waals surface area contributed by atoms with Crippen LogP contribution < -0.4 is 0 Å². The maximum Gasteiger partial charge on any atom is 0.335 e. The molecule has 0 amide bonds. The fourth-order valence-electron chi connectivity index (χ4n) is 2.89. The summed E-state index contributed by atoms with van der Waals surface area (Å²) in [5.41, 5.74) is 2.14. The Bertz CT molecular complexity index is 720. The Morgan fingerprint density at radius 2 is 1.68 bits per heavy atom. The summed E-state index contributed by atoms with van der Waals surface area (Å²) < 4.78 is 5.88. The second-order valence-corrected chi connectivity index (χ2v) is 5.69. The van der Waals surface area contributed by atoms with Crippen molar-refractivity contribution >= 4 is 17.6 Å². The van der Waals surface area contributed by atoms with Gasteiger partial charge in [-0.3, -0.25) is 0 Å². The van der Waals surface area contributed by atoms with Crippen LogP contribution in [0.4, 0.5) is 0 Å². The molecule has 0 aromatic heterocycles. The van der Waals surface area contributed by atoms with Gasteiger partial charge in [-0.2, -0.15) is 0 Å². The highest BCUT2D eigenvalue weighted by Crippen LogP contribution is 2.47. The van der Waals surface area contributed by atoms with Crippen LogP contribution in [0.2, 0.25) is 5.02 Å². The minimum absolute atomic E-state index is 0.302. The van der Waals surface area contributed by atoms with Crippen molar-refractivity contribution in [3.63, 3.8) is 0 Å². The molecule has 0 unspecified atom stereocenters. The molecule has 1 aliphatic heterocycles. The number of hydrogen-bond acceptors (Lipinski definition) is 2. The van der Waals surface area contributed by atoms with Gasteiger partial charge in [-0.15, -0.1) is 0 Å². The molecule has 0 radical (unpaired) electrons. The van der Waals surface area contributed by atoms with Gasteiger partial charge in [0.2, 0.25) is 0 Å². The molecule has 4 heteroatoms. The van der Waals surface area contributed by atoms with Gasteiger partial charge in [0.05, 0.1) is 11.5 Å². The Morgan fingerprint density at radius 1 is 1.05 bits per heavy atom. The van der Waals surface area contributed by atoms with Gasteiger partial charge in [0.1, 0.15) is 11.9 Å². The molecule has 0 spiro atoms. The summed E-state index contributed by atoms with van der Waals surface area (Å²) in [6.07, 6.45) is -0.339. The van der Waals surface area contributed by atoms with Crippen molar-refractivity contribution in [2.24, 2.45) is 0 Å². The molecule has 1 heterocycles. The molecule has 2 aromatic rings. The maximum absolute atomic E-state index is 11.7. The summed E-state index contributed by atoms with van der Waals surface area (Å²) in [6.45, 7) is 1.70. The van der Waals surface area contributed by atoms with Crippen LogP contribution in [0.15, 0.2) is 65.9 Å². The largest absolute Gasteiger partial charge is 0.489 e. The van der Waals surface area contributed by atoms with E-state index in [0.717, 1.165) is 11.1 Å². The van der Waals surface area contributed by atoms with Gasteiger partial charge < -0.3 is 9.84 Å². The Balaban J connectivity index is 2.09. The van der Waals surface area contributed by atoms with E-state index in [2.05, 4.69) is 0 Å². The van der Waals surface area contributed by atoms with Gasteiger partial charge in [0.25, 0.3) is 0 Å². The van der Waals surface area contributed by atoms with Gasteiger partial charge >= 0.3 is 5.97 Å². The summed E-state index contributed by atoms with van der Waals surface area (Å²) in [7, 11) is 0. The first-order chi connectivity index (χ1) is 10.6. The van der Waals surface area contributed by atoms with Crippen molar-refractivity contribution in [3.05, 3.63) is 82.1 Å². The standard InChI is InChI=1S/C18H15ClO3/c1-11-15(18(20)21)16(12-7-9-14(19)10-8-12)17(22-11)13-5-3-2-4-6-13/h2-10,16-17H,1H3,(H,20,21)/t16-,17+/m1/s1.